The first-order valence-electron chi connectivity index (χ1n) is 8.10. The van der Waals surface area contributed by atoms with Gasteiger partial charge in [0.25, 0.3) is 0 Å². The van der Waals surface area contributed by atoms with Gasteiger partial charge in [-0.05, 0) is 58.6 Å². The van der Waals surface area contributed by atoms with E-state index in [9.17, 15) is 4.79 Å². The van der Waals surface area contributed by atoms with Crippen LogP contribution in [0.25, 0.3) is 0 Å². The van der Waals surface area contributed by atoms with Crippen molar-refractivity contribution in [3.63, 3.8) is 0 Å². The second-order valence-corrected chi connectivity index (χ2v) is 7.52. The zero-order valence-corrected chi connectivity index (χ0v) is 15.1. The van der Waals surface area contributed by atoms with Crippen LogP contribution in [0.3, 0.4) is 0 Å². The first-order chi connectivity index (χ1) is 10.7. The summed E-state index contributed by atoms with van der Waals surface area (Å²) in [5.41, 5.74) is 0.494. The lowest BCUT2D eigenvalue weighted by Gasteiger charge is -2.37. The number of nitrogens with one attached hydrogen (secondary N) is 1. The first-order valence-corrected chi connectivity index (χ1v) is 8.48. The summed E-state index contributed by atoms with van der Waals surface area (Å²) in [7, 11) is 0. The third-order valence-corrected chi connectivity index (χ3v) is 4.14. The van der Waals surface area contributed by atoms with Crippen molar-refractivity contribution in [3.05, 3.63) is 23.5 Å². The normalized spacial score (nSPS) is 20.0. The van der Waals surface area contributed by atoms with E-state index in [0.29, 0.717) is 17.6 Å². The van der Waals surface area contributed by atoms with E-state index in [1.54, 1.807) is 6.20 Å². The lowest BCUT2D eigenvalue weighted by molar-refractivity contribution is 0.0159. The largest absolute Gasteiger partial charge is 0.444 e. The van der Waals surface area contributed by atoms with Crippen LogP contribution >= 0.6 is 11.6 Å². The number of hydrogen-bond acceptors (Lipinski definition) is 4. The molecule has 1 aliphatic rings. The van der Waals surface area contributed by atoms with Gasteiger partial charge in [0.2, 0.25) is 0 Å². The van der Waals surface area contributed by atoms with Crippen molar-refractivity contribution >= 4 is 23.4 Å². The summed E-state index contributed by atoms with van der Waals surface area (Å²) >= 11 is 5.92. The zero-order valence-electron chi connectivity index (χ0n) is 14.3. The van der Waals surface area contributed by atoms with Crippen molar-refractivity contribution in [1.29, 1.82) is 0 Å². The topological polar surface area (TPSA) is 54.5 Å². The van der Waals surface area contributed by atoms with E-state index in [1.165, 1.54) is 0 Å². The van der Waals surface area contributed by atoms with Gasteiger partial charge in [0, 0.05) is 31.0 Å². The smallest absolute Gasteiger partial charge is 0.410 e. The fourth-order valence-electron chi connectivity index (χ4n) is 2.78. The number of amides is 1. The van der Waals surface area contributed by atoms with Crippen LogP contribution in [0.2, 0.25) is 5.15 Å². The first kappa shape index (κ1) is 17.9. The molecule has 5 nitrogen and oxygen atoms in total. The number of piperidine rings is 1. The number of likely N-dealkylation sites (tertiary alicyclic amines) is 1. The van der Waals surface area contributed by atoms with Crippen LogP contribution in [-0.2, 0) is 4.74 Å². The summed E-state index contributed by atoms with van der Waals surface area (Å²) < 4.78 is 5.48. The standard InChI is InChI=1S/C17H26ClN3O2/c1-12(20-14-7-8-19-15(18)10-14)13-6-5-9-21(11-13)16(22)23-17(2,3)4/h7-8,10,12-13H,5-6,9,11H2,1-4H3,(H,19,20). The SMILES string of the molecule is CC(Nc1ccnc(Cl)c1)C1CCCN(C(=O)OC(C)(C)C)C1. The van der Waals surface area contributed by atoms with Crippen LogP contribution in [0, 0.1) is 5.92 Å². The van der Waals surface area contributed by atoms with Gasteiger partial charge in [-0.3, -0.25) is 0 Å². The number of anilines is 1. The Labute approximate surface area is 143 Å². The second kappa shape index (κ2) is 7.39. The maximum absolute atomic E-state index is 12.2. The van der Waals surface area contributed by atoms with Crippen molar-refractivity contribution in [2.24, 2.45) is 5.92 Å². The molecule has 1 aliphatic heterocycles. The Hall–Kier alpha value is -1.49. The van der Waals surface area contributed by atoms with E-state index < -0.39 is 5.60 Å². The highest BCUT2D eigenvalue weighted by atomic mass is 35.5. The fraction of sp³-hybridized carbons (Fsp3) is 0.647. The van der Waals surface area contributed by atoms with Crippen LogP contribution < -0.4 is 5.32 Å². The number of carbonyl (C=O) groups is 1. The maximum atomic E-state index is 12.2. The number of carbonyl (C=O) groups excluding carboxylic acids is 1. The van der Waals surface area contributed by atoms with Crippen molar-refractivity contribution in [1.82, 2.24) is 9.88 Å². The minimum absolute atomic E-state index is 0.221. The lowest BCUT2D eigenvalue weighted by Crippen LogP contribution is -2.46. The summed E-state index contributed by atoms with van der Waals surface area (Å²) in [6, 6.07) is 3.95. The summed E-state index contributed by atoms with van der Waals surface area (Å²) in [6.45, 7) is 9.29. The molecule has 0 spiro atoms. The Bertz CT molecular complexity index is 545. The molecule has 1 amide bonds. The molecule has 0 aromatic carbocycles. The van der Waals surface area contributed by atoms with Crippen molar-refractivity contribution in [2.45, 2.75) is 52.2 Å². The molecule has 2 atom stereocenters. The highest BCUT2D eigenvalue weighted by Gasteiger charge is 2.30. The third kappa shape index (κ3) is 5.57. The summed E-state index contributed by atoms with van der Waals surface area (Å²) in [6.07, 6.45) is 3.55. The van der Waals surface area contributed by atoms with Gasteiger partial charge < -0.3 is 15.0 Å². The Morgan fingerprint density at radius 2 is 2.26 bits per heavy atom. The summed E-state index contributed by atoms with van der Waals surface area (Å²) in [5, 5.41) is 3.93. The van der Waals surface area contributed by atoms with Crippen LogP contribution in [0.5, 0.6) is 0 Å². The van der Waals surface area contributed by atoms with Crippen LogP contribution in [-0.4, -0.2) is 40.7 Å². The van der Waals surface area contributed by atoms with Gasteiger partial charge in [-0.1, -0.05) is 11.6 Å². The number of pyridine rings is 1. The molecular weight excluding hydrogens is 314 g/mol. The molecule has 0 aliphatic carbocycles. The highest BCUT2D eigenvalue weighted by Crippen LogP contribution is 2.24. The van der Waals surface area contributed by atoms with Gasteiger partial charge in [0.05, 0.1) is 0 Å². The van der Waals surface area contributed by atoms with Gasteiger partial charge in [0.15, 0.2) is 0 Å². The van der Waals surface area contributed by atoms with Crippen molar-refractivity contribution in [2.75, 3.05) is 18.4 Å². The van der Waals surface area contributed by atoms with Crippen LogP contribution in [0.1, 0.15) is 40.5 Å². The zero-order chi connectivity index (χ0) is 17.0. The van der Waals surface area contributed by atoms with Crippen molar-refractivity contribution in [3.8, 4) is 0 Å². The molecule has 0 bridgehead atoms. The quantitative estimate of drug-likeness (QED) is 0.839. The van der Waals surface area contributed by atoms with Gasteiger partial charge in [-0.2, -0.15) is 0 Å². The average molecular weight is 340 g/mol. The highest BCUT2D eigenvalue weighted by molar-refractivity contribution is 6.29. The Kier molecular flexibility index (Phi) is 5.74. The number of halogens is 1. The van der Waals surface area contributed by atoms with Crippen molar-refractivity contribution < 1.29 is 9.53 Å². The number of ether oxygens (including phenoxy) is 1. The Morgan fingerprint density at radius 1 is 1.52 bits per heavy atom. The van der Waals surface area contributed by atoms with Gasteiger partial charge in [-0.25, -0.2) is 9.78 Å². The number of hydrogen-bond donors (Lipinski definition) is 1. The monoisotopic (exact) mass is 339 g/mol. The molecule has 0 radical (unpaired) electrons. The number of nitrogens with zero attached hydrogens (tertiary/aromatic N) is 2. The van der Waals surface area contributed by atoms with E-state index >= 15 is 0 Å². The molecule has 2 heterocycles. The lowest BCUT2D eigenvalue weighted by atomic mass is 9.91. The van der Waals surface area contributed by atoms with E-state index in [4.69, 9.17) is 16.3 Å². The molecule has 2 unspecified atom stereocenters. The molecule has 23 heavy (non-hydrogen) atoms. The van der Waals surface area contributed by atoms with Crippen LogP contribution in [0.15, 0.2) is 18.3 Å². The molecule has 6 heteroatoms. The summed E-state index contributed by atoms with van der Waals surface area (Å²) in [5.74, 6) is 0.378. The number of rotatable bonds is 3. The van der Waals surface area contributed by atoms with Crippen LogP contribution in [0.4, 0.5) is 10.5 Å². The number of aromatic nitrogens is 1. The molecule has 1 fully saturated rings. The van der Waals surface area contributed by atoms with E-state index in [2.05, 4.69) is 17.2 Å². The predicted molar refractivity (Wildman–Crippen MR) is 92.9 cm³/mol. The van der Waals surface area contributed by atoms with E-state index in [1.807, 2.05) is 37.8 Å². The molecule has 1 saturated heterocycles. The predicted octanol–water partition coefficient (Wildman–Crippen LogP) is 4.18. The molecule has 1 N–H and O–H groups in total. The Morgan fingerprint density at radius 3 is 2.91 bits per heavy atom. The second-order valence-electron chi connectivity index (χ2n) is 7.13. The van der Waals surface area contributed by atoms with Gasteiger partial charge in [0.1, 0.15) is 10.8 Å². The molecular formula is C17H26ClN3O2. The fourth-order valence-corrected chi connectivity index (χ4v) is 2.96. The molecule has 1 aromatic heterocycles. The molecule has 1 aromatic rings. The molecule has 2 rings (SSSR count). The summed E-state index contributed by atoms with van der Waals surface area (Å²) in [4.78, 5) is 18.0. The van der Waals surface area contributed by atoms with Gasteiger partial charge >= 0.3 is 6.09 Å². The van der Waals surface area contributed by atoms with E-state index in [0.717, 1.165) is 25.1 Å². The van der Waals surface area contributed by atoms with Gasteiger partial charge in [-0.15, -0.1) is 0 Å². The third-order valence-electron chi connectivity index (χ3n) is 3.94. The minimum Gasteiger partial charge on any atom is -0.444 e. The van der Waals surface area contributed by atoms with E-state index in [-0.39, 0.29) is 12.1 Å². The molecule has 0 saturated carbocycles. The molecule has 128 valence electrons. The minimum atomic E-state index is -0.457. The Balaban J connectivity index is 1.93. The maximum Gasteiger partial charge on any atom is 0.410 e. The average Bonchev–Trinajstić information content (AvgIpc) is 2.45.